The summed E-state index contributed by atoms with van der Waals surface area (Å²) in [6.45, 7) is 3.08. The zero-order valence-electron chi connectivity index (χ0n) is 10.9. The zero-order valence-corrected chi connectivity index (χ0v) is 12.5. The van der Waals surface area contributed by atoms with Crippen LogP contribution in [0.4, 0.5) is 15.8 Å². The molecule has 1 fully saturated rings. The third kappa shape index (κ3) is 3.08. The number of halogens is 2. The highest BCUT2D eigenvalue weighted by molar-refractivity contribution is 9.10. The van der Waals surface area contributed by atoms with Crippen LogP contribution < -0.4 is 10.6 Å². The van der Waals surface area contributed by atoms with Crippen LogP contribution in [0.15, 0.2) is 16.6 Å². The lowest BCUT2D eigenvalue weighted by Crippen LogP contribution is -2.49. The van der Waals surface area contributed by atoms with Crippen LogP contribution in [0.1, 0.15) is 6.92 Å². The molecular weight excluding hydrogens is 333 g/mol. The molecule has 0 amide bonds. The van der Waals surface area contributed by atoms with Crippen molar-refractivity contribution < 1.29 is 14.1 Å². The van der Waals surface area contributed by atoms with E-state index in [1.54, 1.807) is 4.90 Å². The van der Waals surface area contributed by atoms with Crippen molar-refractivity contribution in [2.24, 2.45) is 5.73 Å². The van der Waals surface area contributed by atoms with Gasteiger partial charge in [-0.25, -0.2) is 4.39 Å². The first-order valence-electron chi connectivity index (χ1n) is 6.15. The largest absolute Gasteiger partial charge is 0.373 e. The van der Waals surface area contributed by atoms with Crippen molar-refractivity contribution in [2.75, 3.05) is 24.6 Å². The van der Waals surface area contributed by atoms with Gasteiger partial charge in [0.15, 0.2) is 0 Å². The van der Waals surface area contributed by atoms with Gasteiger partial charge in [0.2, 0.25) is 0 Å². The molecule has 0 saturated carbocycles. The highest BCUT2D eigenvalue weighted by atomic mass is 79.9. The van der Waals surface area contributed by atoms with Gasteiger partial charge < -0.3 is 15.4 Å². The molecule has 0 bridgehead atoms. The SMILES string of the molecule is CC(N)C1CN(c2cc(F)c(Br)cc2[N+](=O)[O-])CCO1. The second-order valence-corrected chi connectivity index (χ2v) is 5.58. The molecule has 2 unspecified atom stereocenters. The summed E-state index contributed by atoms with van der Waals surface area (Å²) in [4.78, 5) is 12.3. The molecule has 2 N–H and O–H groups in total. The fraction of sp³-hybridized carbons (Fsp3) is 0.500. The molecule has 20 heavy (non-hydrogen) atoms. The second kappa shape index (κ2) is 6.02. The topological polar surface area (TPSA) is 81.6 Å². The summed E-state index contributed by atoms with van der Waals surface area (Å²) >= 11 is 2.96. The Hall–Kier alpha value is -1.25. The van der Waals surface area contributed by atoms with Gasteiger partial charge in [-0.05, 0) is 22.9 Å². The quantitative estimate of drug-likeness (QED) is 0.668. The summed E-state index contributed by atoms with van der Waals surface area (Å²) in [5, 5.41) is 11.1. The Kier molecular flexibility index (Phi) is 4.56. The molecule has 2 atom stereocenters. The van der Waals surface area contributed by atoms with E-state index in [0.717, 1.165) is 0 Å². The van der Waals surface area contributed by atoms with Crippen molar-refractivity contribution in [3.8, 4) is 0 Å². The van der Waals surface area contributed by atoms with E-state index in [-0.39, 0.29) is 28.0 Å². The molecule has 2 rings (SSSR count). The first-order valence-corrected chi connectivity index (χ1v) is 6.95. The summed E-state index contributed by atoms with van der Waals surface area (Å²) < 4.78 is 19.3. The van der Waals surface area contributed by atoms with Crippen molar-refractivity contribution in [3.63, 3.8) is 0 Å². The molecule has 1 aliphatic heterocycles. The fourth-order valence-electron chi connectivity index (χ4n) is 2.14. The van der Waals surface area contributed by atoms with Crippen LogP contribution >= 0.6 is 15.9 Å². The standard InChI is InChI=1S/C12H15BrFN3O3/c1-7(15)12-6-16(2-3-20-12)10-5-9(14)8(13)4-11(10)17(18)19/h4-5,7,12H,2-3,6,15H2,1H3. The van der Waals surface area contributed by atoms with Gasteiger partial charge in [-0.2, -0.15) is 0 Å². The molecule has 110 valence electrons. The Morgan fingerprint density at radius 2 is 2.35 bits per heavy atom. The molecule has 1 aromatic rings. The minimum absolute atomic E-state index is 0.0740. The van der Waals surface area contributed by atoms with Gasteiger partial charge in [0.25, 0.3) is 5.69 Å². The number of morpholine rings is 1. The minimum atomic E-state index is -0.533. The van der Waals surface area contributed by atoms with Crippen molar-refractivity contribution in [1.29, 1.82) is 0 Å². The van der Waals surface area contributed by atoms with Crippen LogP contribution in [0, 0.1) is 15.9 Å². The Bertz CT molecular complexity index is 527. The smallest absolute Gasteiger partial charge is 0.293 e. The summed E-state index contributed by atoms with van der Waals surface area (Å²) in [6.07, 6.45) is -0.227. The van der Waals surface area contributed by atoms with Gasteiger partial charge in [0.1, 0.15) is 11.5 Å². The first-order chi connectivity index (χ1) is 9.40. The highest BCUT2D eigenvalue weighted by Crippen LogP contribution is 2.34. The lowest BCUT2D eigenvalue weighted by molar-refractivity contribution is -0.384. The Morgan fingerprint density at radius 3 is 2.95 bits per heavy atom. The Labute approximate surface area is 124 Å². The van der Waals surface area contributed by atoms with Crippen LogP contribution in [0.2, 0.25) is 0 Å². The number of hydrogen-bond acceptors (Lipinski definition) is 5. The molecule has 0 radical (unpaired) electrons. The van der Waals surface area contributed by atoms with Gasteiger partial charge in [-0.15, -0.1) is 0 Å². The molecule has 6 nitrogen and oxygen atoms in total. The van der Waals surface area contributed by atoms with Crippen LogP contribution in [0.3, 0.4) is 0 Å². The predicted molar refractivity (Wildman–Crippen MR) is 76.4 cm³/mol. The number of hydrogen-bond donors (Lipinski definition) is 1. The van der Waals surface area contributed by atoms with E-state index >= 15 is 0 Å². The average molecular weight is 348 g/mol. The Balaban J connectivity index is 2.36. The number of rotatable bonds is 3. The van der Waals surface area contributed by atoms with E-state index < -0.39 is 10.7 Å². The van der Waals surface area contributed by atoms with Gasteiger partial charge in [0.05, 0.1) is 22.1 Å². The third-order valence-corrected chi connectivity index (χ3v) is 3.84. The van der Waals surface area contributed by atoms with Gasteiger partial charge >= 0.3 is 0 Å². The molecule has 0 spiro atoms. The van der Waals surface area contributed by atoms with Gasteiger partial charge in [-0.3, -0.25) is 10.1 Å². The number of anilines is 1. The van der Waals surface area contributed by atoms with E-state index in [0.29, 0.717) is 19.7 Å². The van der Waals surface area contributed by atoms with Crippen LogP contribution in [-0.4, -0.2) is 36.8 Å². The molecule has 1 aromatic carbocycles. The maximum Gasteiger partial charge on any atom is 0.293 e. The molecule has 1 aliphatic rings. The first kappa shape index (κ1) is 15.1. The van der Waals surface area contributed by atoms with Crippen LogP contribution in [0.5, 0.6) is 0 Å². The van der Waals surface area contributed by atoms with E-state index in [1.165, 1.54) is 12.1 Å². The van der Waals surface area contributed by atoms with Crippen molar-refractivity contribution in [1.82, 2.24) is 0 Å². The lowest BCUT2D eigenvalue weighted by Gasteiger charge is -2.35. The maximum atomic E-state index is 13.7. The third-order valence-electron chi connectivity index (χ3n) is 3.23. The lowest BCUT2D eigenvalue weighted by atomic mass is 10.1. The molecule has 1 saturated heterocycles. The number of nitrogens with two attached hydrogens (primary N) is 1. The van der Waals surface area contributed by atoms with E-state index in [9.17, 15) is 14.5 Å². The maximum absolute atomic E-state index is 13.7. The number of nitro groups is 1. The monoisotopic (exact) mass is 347 g/mol. The fourth-order valence-corrected chi connectivity index (χ4v) is 2.47. The second-order valence-electron chi connectivity index (χ2n) is 4.73. The number of nitrogens with zero attached hydrogens (tertiary/aromatic N) is 2. The summed E-state index contributed by atoms with van der Waals surface area (Å²) in [7, 11) is 0. The van der Waals surface area contributed by atoms with E-state index in [1.807, 2.05) is 6.92 Å². The van der Waals surface area contributed by atoms with E-state index in [2.05, 4.69) is 15.9 Å². The average Bonchev–Trinajstić information content (AvgIpc) is 2.41. The molecule has 0 aliphatic carbocycles. The number of benzene rings is 1. The van der Waals surface area contributed by atoms with Gasteiger partial charge in [0, 0.05) is 31.3 Å². The molecule has 8 heteroatoms. The number of ether oxygens (including phenoxy) is 1. The number of nitro benzene ring substituents is 1. The van der Waals surface area contributed by atoms with Crippen molar-refractivity contribution in [2.45, 2.75) is 19.1 Å². The summed E-state index contributed by atoms with van der Waals surface area (Å²) in [5.74, 6) is -0.533. The normalized spacial score (nSPS) is 20.8. The van der Waals surface area contributed by atoms with Gasteiger partial charge in [-0.1, -0.05) is 0 Å². The molecule has 0 aromatic heterocycles. The molecule has 1 heterocycles. The van der Waals surface area contributed by atoms with E-state index in [4.69, 9.17) is 10.5 Å². The summed E-state index contributed by atoms with van der Waals surface area (Å²) in [6, 6.07) is 2.16. The minimum Gasteiger partial charge on any atom is -0.373 e. The van der Waals surface area contributed by atoms with Crippen molar-refractivity contribution >= 4 is 27.3 Å². The highest BCUT2D eigenvalue weighted by Gasteiger charge is 2.28. The van der Waals surface area contributed by atoms with Crippen LogP contribution in [0.25, 0.3) is 0 Å². The zero-order chi connectivity index (χ0) is 14.9. The molecular formula is C12H15BrFN3O3. The van der Waals surface area contributed by atoms with Crippen molar-refractivity contribution in [3.05, 3.63) is 32.5 Å². The predicted octanol–water partition coefficient (Wildman–Crippen LogP) is 2.05. The van der Waals surface area contributed by atoms with Crippen LogP contribution in [-0.2, 0) is 4.74 Å². The Morgan fingerprint density at radius 1 is 1.65 bits per heavy atom. The summed E-state index contributed by atoms with van der Waals surface area (Å²) in [5.41, 5.74) is 5.91.